The summed E-state index contributed by atoms with van der Waals surface area (Å²) < 4.78 is 33.5. The summed E-state index contributed by atoms with van der Waals surface area (Å²) in [5, 5.41) is 4.29. The highest BCUT2D eigenvalue weighted by Crippen LogP contribution is 2.46. The Balaban J connectivity index is 1.33. The number of methoxy groups -OCH3 is 4. The van der Waals surface area contributed by atoms with Gasteiger partial charge in [-0.15, -0.1) is 0 Å². The number of rotatable bonds is 8. The van der Waals surface area contributed by atoms with E-state index in [1.807, 2.05) is 72.8 Å². The van der Waals surface area contributed by atoms with Crippen molar-refractivity contribution in [3.05, 3.63) is 142 Å². The number of nitrogens with zero attached hydrogens (tertiary/aromatic N) is 2. The number of aromatic nitrogens is 2. The normalized spacial score (nSPS) is 11.4. The van der Waals surface area contributed by atoms with Crippen molar-refractivity contribution in [3.8, 4) is 68.2 Å². The van der Waals surface area contributed by atoms with Crippen LogP contribution in [-0.2, 0) is 0 Å². The minimum absolute atomic E-state index is 0.166. The Morgan fingerprint density at radius 2 is 0.768 bits per heavy atom. The Bertz CT molecular complexity index is 2910. The van der Waals surface area contributed by atoms with Gasteiger partial charge in [0, 0.05) is 35.4 Å². The Hall–Kier alpha value is -7.46. The summed E-state index contributed by atoms with van der Waals surface area (Å²) in [6, 6.07) is 38.6. The Labute approximate surface area is 319 Å². The van der Waals surface area contributed by atoms with Gasteiger partial charge in [0.2, 0.25) is 11.8 Å². The van der Waals surface area contributed by atoms with Crippen LogP contribution in [0.4, 0.5) is 0 Å². The van der Waals surface area contributed by atoms with Crippen LogP contribution in [0, 0.1) is 0 Å². The van der Waals surface area contributed by atoms with Crippen molar-refractivity contribution in [2.45, 2.75) is 0 Å². The molecule has 9 rings (SSSR count). The minimum atomic E-state index is -0.545. The average Bonchev–Trinajstić information content (AvgIpc) is 3.24. The lowest BCUT2D eigenvalue weighted by molar-refractivity contribution is 0.355. The molecule has 0 aliphatic carbocycles. The van der Waals surface area contributed by atoms with Crippen molar-refractivity contribution in [2.24, 2.45) is 0 Å². The summed E-state index contributed by atoms with van der Waals surface area (Å²) in [6.07, 6.45) is 0. The smallest absolute Gasteiger partial charge is 0.347 e. The van der Waals surface area contributed by atoms with Crippen LogP contribution >= 0.6 is 0 Å². The third-order valence-electron chi connectivity index (χ3n) is 10.0. The molecule has 10 nitrogen and oxygen atoms in total. The molecule has 9 aromatic rings. The van der Waals surface area contributed by atoms with Crippen LogP contribution < -0.4 is 30.2 Å². The zero-order chi connectivity index (χ0) is 38.5. The van der Waals surface area contributed by atoms with Crippen LogP contribution in [0.5, 0.6) is 23.0 Å². The van der Waals surface area contributed by atoms with Crippen molar-refractivity contribution in [2.75, 3.05) is 28.4 Å². The van der Waals surface area contributed by atoms with Gasteiger partial charge in [0.05, 0.1) is 50.2 Å². The van der Waals surface area contributed by atoms with Crippen LogP contribution in [0.15, 0.2) is 140 Å². The lowest BCUT2D eigenvalue weighted by atomic mass is 9.84. The van der Waals surface area contributed by atoms with Gasteiger partial charge in [-0.2, -0.15) is 0 Å². The van der Waals surface area contributed by atoms with Gasteiger partial charge in [-0.25, -0.2) is 19.6 Å². The molecule has 0 unspecified atom stereocenters. The molecular weight excluding hydrogens is 709 g/mol. The predicted molar refractivity (Wildman–Crippen MR) is 217 cm³/mol. The first-order chi connectivity index (χ1) is 27.4. The van der Waals surface area contributed by atoms with Crippen molar-refractivity contribution < 1.29 is 27.8 Å². The molecular formula is C46H32N2O8. The topological polar surface area (TPSA) is 123 Å². The van der Waals surface area contributed by atoms with Gasteiger partial charge in [-0.1, -0.05) is 72.8 Å². The van der Waals surface area contributed by atoms with Gasteiger partial charge in [0.1, 0.15) is 0 Å². The maximum absolute atomic E-state index is 13.4. The van der Waals surface area contributed by atoms with Crippen LogP contribution in [0.25, 0.3) is 88.5 Å². The maximum atomic E-state index is 13.4. The lowest BCUT2D eigenvalue weighted by Crippen LogP contribution is -2.04. The van der Waals surface area contributed by atoms with Gasteiger partial charge in [-0.3, -0.25) is 0 Å². The highest BCUT2D eigenvalue weighted by Gasteiger charge is 2.21. The molecule has 0 atom stereocenters. The summed E-state index contributed by atoms with van der Waals surface area (Å²) >= 11 is 0. The number of hydrogen-bond acceptors (Lipinski definition) is 10. The lowest BCUT2D eigenvalue weighted by Gasteiger charge is -2.19. The molecule has 0 radical (unpaired) electrons. The molecule has 0 fully saturated rings. The number of hydrogen-bond donors (Lipinski definition) is 0. The molecule has 7 aromatic carbocycles. The summed E-state index contributed by atoms with van der Waals surface area (Å²) in [7, 11) is 6.08. The Morgan fingerprint density at radius 1 is 0.393 bits per heavy atom. The van der Waals surface area contributed by atoms with E-state index < -0.39 is 11.3 Å². The third kappa shape index (κ3) is 5.66. The molecule has 0 spiro atoms. The number of ether oxygens (including phenoxy) is 4. The first kappa shape index (κ1) is 34.3. The molecule has 0 bridgehead atoms. The second kappa shape index (κ2) is 13.7. The molecule has 274 valence electrons. The van der Waals surface area contributed by atoms with Crippen molar-refractivity contribution >= 4 is 43.4 Å². The molecule has 2 heterocycles. The SMILES string of the molecule is COc1cc2nc(-c3ccc4c(-c5ccccc5)c5cc(-c6nc7cc(OC)c(OC)cc7c(=O)o6)ccc5c(-c5ccccc5)c4c3)oc(=O)c2cc1OC. The zero-order valence-electron chi connectivity index (χ0n) is 30.7. The van der Waals surface area contributed by atoms with E-state index in [4.69, 9.17) is 37.7 Å². The summed E-state index contributed by atoms with van der Waals surface area (Å²) in [5.41, 5.74) is 4.86. The maximum Gasteiger partial charge on any atom is 0.347 e. The van der Waals surface area contributed by atoms with E-state index in [0.29, 0.717) is 45.2 Å². The first-order valence-electron chi connectivity index (χ1n) is 17.7. The van der Waals surface area contributed by atoms with Gasteiger partial charge in [0.15, 0.2) is 23.0 Å². The van der Waals surface area contributed by atoms with E-state index in [1.165, 1.54) is 28.4 Å². The third-order valence-corrected chi connectivity index (χ3v) is 10.0. The van der Waals surface area contributed by atoms with Crippen LogP contribution in [0.1, 0.15) is 0 Å². The number of fused-ring (bicyclic) bond motifs is 4. The average molecular weight is 741 g/mol. The molecule has 0 N–H and O–H groups in total. The van der Waals surface area contributed by atoms with Crippen molar-refractivity contribution in [1.29, 1.82) is 0 Å². The van der Waals surface area contributed by atoms with Gasteiger partial charge >= 0.3 is 11.3 Å². The second-order valence-electron chi connectivity index (χ2n) is 13.1. The molecule has 0 aliphatic heterocycles. The van der Waals surface area contributed by atoms with Crippen LogP contribution in [0.3, 0.4) is 0 Å². The molecule has 2 aromatic heterocycles. The van der Waals surface area contributed by atoms with Crippen molar-refractivity contribution in [3.63, 3.8) is 0 Å². The van der Waals surface area contributed by atoms with Gasteiger partial charge in [-0.05, 0) is 68.1 Å². The van der Waals surface area contributed by atoms with E-state index in [-0.39, 0.29) is 22.6 Å². The van der Waals surface area contributed by atoms with E-state index in [0.717, 1.165) is 43.8 Å². The highest BCUT2D eigenvalue weighted by atomic mass is 16.5. The summed E-state index contributed by atoms with van der Waals surface area (Å²) in [5.74, 6) is 2.04. The fraction of sp³-hybridized carbons (Fsp3) is 0.0870. The van der Waals surface area contributed by atoms with Gasteiger partial charge in [0.25, 0.3) is 0 Å². The molecule has 0 aliphatic rings. The van der Waals surface area contributed by atoms with E-state index in [2.05, 4.69) is 24.3 Å². The monoisotopic (exact) mass is 740 g/mol. The fourth-order valence-electron chi connectivity index (χ4n) is 7.37. The van der Waals surface area contributed by atoms with E-state index in [9.17, 15) is 9.59 Å². The molecule has 0 saturated carbocycles. The highest BCUT2D eigenvalue weighted by molar-refractivity contribution is 6.22. The standard InChI is InChI=1S/C46H32N2O8/c1-51-37-21-33-35(23-39(37)53-3)47-43(55-45(33)49)27-15-17-29-31(19-27)41(25-11-7-5-8-12-25)30-18-16-28(20-32(30)42(29)26-13-9-6-10-14-26)44-48-36-24-40(54-4)38(52-2)22-34(36)46(50)56-44/h5-24H,1-4H3. The molecule has 10 heteroatoms. The summed E-state index contributed by atoms with van der Waals surface area (Å²) in [4.78, 5) is 36.3. The van der Waals surface area contributed by atoms with Crippen molar-refractivity contribution in [1.82, 2.24) is 9.97 Å². The first-order valence-corrected chi connectivity index (χ1v) is 17.7. The quantitative estimate of drug-likeness (QED) is 0.139. The minimum Gasteiger partial charge on any atom is -0.493 e. The largest absolute Gasteiger partial charge is 0.493 e. The zero-order valence-corrected chi connectivity index (χ0v) is 30.7. The molecule has 0 saturated heterocycles. The second-order valence-corrected chi connectivity index (χ2v) is 13.1. The summed E-state index contributed by atoms with van der Waals surface area (Å²) in [6.45, 7) is 0. The van der Waals surface area contributed by atoms with Crippen LogP contribution in [-0.4, -0.2) is 38.4 Å². The Kier molecular flexibility index (Phi) is 8.43. The Morgan fingerprint density at radius 3 is 1.14 bits per heavy atom. The van der Waals surface area contributed by atoms with Crippen LogP contribution in [0.2, 0.25) is 0 Å². The van der Waals surface area contributed by atoms with E-state index >= 15 is 0 Å². The molecule has 56 heavy (non-hydrogen) atoms. The predicted octanol–water partition coefficient (Wildman–Crippen LogP) is 9.70. The fourth-order valence-corrected chi connectivity index (χ4v) is 7.37. The number of benzene rings is 7. The van der Waals surface area contributed by atoms with Gasteiger partial charge < -0.3 is 27.8 Å². The van der Waals surface area contributed by atoms with E-state index in [1.54, 1.807) is 24.3 Å². The molecule has 0 amide bonds.